The van der Waals surface area contributed by atoms with Crippen molar-refractivity contribution in [3.05, 3.63) is 65.7 Å². The summed E-state index contributed by atoms with van der Waals surface area (Å²) in [5.74, 6) is -0.168. The van der Waals surface area contributed by atoms with Crippen LogP contribution >= 0.6 is 0 Å². The number of benzene rings is 3. The van der Waals surface area contributed by atoms with Crippen LogP contribution in [0.1, 0.15) is 42.6 Å². The van der Waals surface area contributed by atoms with Crippen LogP contribution in [0, 0.1) is 0 Å². The third-order valence-corrected chi connectivity index (χ3v) is 5.88. The van der Waals surface area contributed by atoms with Crippen molar-refractivity contribution in [1.29, 1.82) is 0 Å². The van der Waals surface area contributed by atoms with E-state index in [1.165, 1.54) is 4.90 Å². The Morgan fingerprint density at radius 2 is 1.79 bits per heavy atom. The van der Waals surface area contributed by atoms with Gasteiger partial charge in [0.25, 0.3) is 5.91 Å². The fraction of sp³-hybridized carbons (Fsp3) is 0.269. The molecule has 5 rings (SSSR count). The topological polar surface area (TPSA) is 87.7 Å². The molecule has 7 nitrogen and oxygen atoms in total. The number of amides is 3. The molecule has 0 bridgehead atoms. The van der Waals surface area contributed by atoms with Crippen molar-refractivity contribution in [3.8, 4) is 5.75 Å². The van der Waals surface area contributed by atoms with E-state index in [0.717, 1.165) is 27.8 Å². The van der Waals surface area contributed by atoms with E-state index in [2.05, 4.69) is 10.6 Å². The van der Waals surface area contributed by atoms with E-state index < -0.39 is 11.9 Å². The summed E-state index contributed by atoms with van der Waals surface area (Å²) in [5.41, 5.74) is 3.04. The smallest absolute Gasteiger partial charge is 0.261 e. The number of carbonyl (C=O) groups excluding carboxylic acids is 3. The van der Waals surface area contributed by atoms with Gasteiger partial charge in [0, 0.05) is 24.0 Å². The Balaban J connectivity index is 0.00000126. The molecule has 3 aromatic carbocycles. The third-order valence-electron chi connectivity index (χ3n) is 5.88. The first-order chi connectivity index (χ1) is 16.1. The van der Waals surface area contributed by atoms with E-state index in [1.807, 2.05) is 68.4 Å². The van der Waals surface area contributed by atoms with Gasteiger partial charge in [0.2, 0.25) is 11.8 Å². The van der Waals surface area contributed by atoms with Gasteiger partial charge in [-0.2, -0.15) is 0 Å². The average molecular weight is 446 g/mol. The molecule has 1 fully saturated rings. The van der Waals surface area contributed by atoms with Crippen LogP contribution < -0.4 is 20.3 Å². The van der Waals surface area contributed by atoms with Crippen LogP contribution in [-0.4, -0.2) is 30.9 Å². The standard InChI is InChI=1S/C24H21N3O4.C2H6/c1-31-16-8-5-14(6-9-16)13-25-17-10-7-15-3-2-4-18-21(15)22(17)24(30)27(18)19-11-12-20(28)26-23(19)29;1-2/h2-10,19,25H,11-13H2,1H3,(H,26,28,29);1-2H3. The molecule has 1 saturated heterocycles. The molecule has 2 aliphatic rings. The van der Waals surface area contributed by atoms with Crippen molar-refractivity contribution in [2.75, 3.05) is 17.3 Å². The van der Waals surface area contributed by atoms with Gasteiger partial charge in [-0.3, -0.25) is 24.6 Å². The molecule has 7 heteroatoms. The Labute approximate surface area is 192 Å². The van der Waals surface area contributed by atoms with E-state index >= 15 is 0 Å². The lowest BCUT2D eigenvalue weighted by molar-refractivity contribution is -0.134. The summed E-state index contributed by atoms with van der Waals surface area (Å²) in [7, 11) is 1.63. The number of hydrogen-bond acceptors (Lipinski definition) is 5. The number of carbonyl (C=O) groups is 3. The van der Waals surface area contributed by atoms with Gasteiger partial charge in [-0.1, -0.05) is 44.2 Å². The maximum Gasteiger partial charge on any atom is 0.261 e. The molecule has 0 radical (unpaired) electrons. The van der Waals surface area contributed by atoms with Gasteiger partial charge in [0.05, 0.1) is 18.4 Å². The fourth-order valence-corrected chi connectivity index (χ4v) is 4.34. The Morgan fingerprint density at radius 1 is 1.03 bits per heavy atom. The largest absolute Gasteiger partial charge is 0.497 e. The van der Waals surface area contributed by atoms with Crippen LogP contribution in [0.5, 0.6) is 5.75 Å². The predicted octanol–water partition coefficient (Wildman–Crippen LogP) is 4.25. The lowest BCUT2D eigenvalue weighted by Crippen LogP contribution is -2.53. The molecule has 0 aromatic heterocycles. The van der Waals surface area contributed by atoms with Crippen molar-refractivity contribution >= 4 is 39.9 Å². The molecule has 1 unspecified atom stereocenters. The summed E-state index contributed by atoms with van der Waals surface area (Å²) < 4.78 is 5.20. The van der Waals surface area contributed by atoms with Crippen LogP contribution in [0.25, 0.3) is 10.8 Å². The van der Waals surface area contributed by atoms with E-state index in [9.17, 15) is 14.4 Å². The molecule has 3 aromatic rings. The molecule has 2 heterocycles. The Morgan fingerprint density at radius 3 is 2.48 bits per heavy atom. The van der Waals surface area contributed by atoms with Gasteiger partial charge >= 0.3 is 0 Å². The summed E-state index contributed by atoms with van der Waals surface area (Å²) in [6, 6.07) is 16.6. The lowest BCUT2D eigenvalue weighted by atomic mass is 10.0. The summed E-state index contributed by atoms with van der Waals surface area (Å²) in [5, 5.41) is 7.50. The second-order valence-electron chi connectivity index (χ2n) is 7.71. The summed E-state index contributed by atoms with van der Waals surface area (Å²) in [4.78, 5) is 39.2. The Bertz CT molecular complexity index is 1220. The van der Waals surface area contributed by atoms with Gasteiger partial charge in [0.15, 0.2) is 0 Å². The van der Waals surface area contributed by atoms with Crippen molar-refractivity contribution in [2.45, 2.75) is 39.3 Å². The predicted molar refractivity (Wildman–Crippen MR) is 129 cm³/mol. The lowest BCUT2D eigenvalue weighted by Gasteiger charge is -2.30. The normalized spacial score (nSPS) is 16.9. The number of nitrogens with one attached hydrogen (secondary N) is 2. The minimum Gasteiger partial charge on any atom is -0.497 e. The maximum atomic E-state index is 13.5. The number of imide groups is 1. The van der Waals surface area contributed by atoms with Gasteiger partial charge in [0.1, 0.15) is 11.8 Å². The quantitative estimate of drug-likeness (QED) is 0.573. The van der Waals surface area contributed by atoms with Crippen LogP contribution in [0.4, 0.5) is 11.4 Å². The van der Waals surface area contributed by atoms with Gasteiger partial charge in [-0.15, -0.1) is 0 Å². The molecule has 2 aliphatic heterocycles. The van der Waals surface area contributed by atoms with Crippen molar-refractivity contribution < 1.29 is 19.1 Å². The molecule has 1 atom stereocenters. The van der Waals surface area contributed by atoms with Crippen LogP contribution in [-0.2, 0) is 16.1 Å². The van der Waals surface area contributed by atoms with Crippen molar-refractivity contribution in [2.24, 2.45) is 0 Å². The number of anilines is 2. The van der Waals surface area contributed by atoms with Gasteiger partial charge in [-0.25, -0.2) is 0 Å². The first-order valence-electron chi connectivity index (χ1n) is 11.2. The summed E-state index contributed by atoms with van der Waals surface area (Å²) >= 11 is 0. The molecule has 2 N–H and O–H groups in total. The van der Waals surface area contributed by atoms with Crippen LogP contribution in [0.3, 0.4) is 0 Å². The minimum absolute atomic E-state index is 0.217. The first kappa shape index (κ1) is 22.3. The maximum absolute atomic E-state index is 13.5. The number of rotatable bonds is 5. The molecule has 0 saturated carbocycles. The van der Waals surface area contributed by atoms with Crippen molar-refractivity contribution in [1.82, 2.24) is 5.32 Å². The van der Waals surface area contributed by atoms with Gasteiger partial charge < -0.3 is 10.1 Å². The highest BCUT2D eigenvalue weighted by molar-refractivity contribution is 6.29. The zero-order valence-corrected chi connectivity index (χ0v) is 19.0. The monoisotopic (exact) mass is 445 g/mol. The molecule has 0 spiro atoms. The molecular formula is C26H27N3O4. The molecular weight excluding hydrogens is 418 g/mol. The number of hydrogen-bond donors (Lipinski definition) is 2. The fourth-order valence-electron chi connectivity index (χ4n) is 4.34. The second-order valence-corrected chi connectivity index (χ2v) is 7.71. The highest BCUT2D eigenvalue weighted by Gasteiger charge is 2.41. The average Bonchev–Trinajstić information content (AvgIpc) is 3.14. The van der Waals surface area contributed by atoms with E-state index in [0.29, 0.717) is 24.2 Å². The zero-order chi connectivity index (χ0) is 23.5. The summed E-state index contributed by atoms with van der Waals surface area (Å²) in [6.07, 6.45) is 0.532. The number of piperidine rings is 1. The summed E-state index contributed by atoms with van der Waals surface area (Å²) in [6.45, 7) is 4.54. The van der Waals surface area contributed by atoms with Crippen molar-refractivity contribution in [3.63, 3.8) is 0 Å². The molecule has 33 heavy (non-hydrogen) atoms. The molecule has 3 amide bonds. The zero-order valence-electron chi connectivity index (χ0n) is 19.0. The Kier molecular flexibility index (Phi) is 6.31. The highest BCUT2D eigenvalue weighted by Crippen LogP contribution is 2.42. The first-order valence-corrected chi connectivity index (χ1v) is 11.2. The minimum atomic E-state index is -0.697. The molecule has 0 aliphatic carbocycles. The number of methoxy groups -OCH3 is 1. The number of ether oxygens (including phenoxy) is 1. The van der Waals surface area contributed by atoms with E-state index in [4.69, 9.17) is 4.74 Å². The second kappa shape index (κ2) is 9.32. The number of nitrogens with zero attached hydrogens (tertiary/aromatic N) is 1. The van der Waals surface area contributed by atoms with Crippen LogP contribution in [0.2, 0.25) is 0 Å². The van der Waals surface area contributed by atoms with E-state index in [1.54, 1.807) is 7.11 Å². The SMILES string of the molecule is CC.COc1ccc(CNc2ccc3cccc4c3c2C(=O)N4C2CCC(=O)NC2=O)cc1. The third kappa shape index (κ3) is 4.02. The highest BCUT2D eigenvalue weighted by atomic mass is 16.5. The van der Waals surface area contributed by atoms with E-state index in [-0.39, 0.29) is 18.2 Å². The van der Waals surface area contributed by atoms with Crippen LogP contribution in [0.15, 0.2) is 54.6 Å². The Hall–Kier alpha value is -3.87. The molecule has 170 valence electrons. The van der Waals surface area contributed by atoms with Gasteiger partial charge in [-0.05, 0) is 41.6 Å².